The molecule has 11 nitrogen and oxygen atoms in total. The Morgan fingerprint density at radius 3 is 2.58 bits per heavy atom. The molecule has 1 aliphatic rings. The number of nitrogens with zero attached hydrogens (tertiary/aromatic N) is 7. The number of hydrogen-bond donors (Lipinski definition) is 1. The third kappa shape index (κ3) is 4.01. The van der Waals surface area contributed by atoms with Crippen LogP contribution in [0.4, 0.5) is 0 Å². The number of aromatic amines is 1. The number of nitrogens with one attached hydrogen (secondary N) is 1. The number of H-pyrrole nitrogens is 1. The molecule has 0 bridgehead atoms. The summed E-state index contributed by atoms with van der Waals surface area (Å²) >= 11 is 0. The summed E-state index contributed by atoms with van der Waals surface area (Å²) in [5.41, 5.74) is 1.83. The number of likely N-dealkylation sites (tertiary alicyclic amines) is 1. The molecule has 5 heterocycles. The molecule has 0 atom stereocenters. The first-order valence-corrected chi connectivity index (χ1v) is 12.4. The average molecular weight is 511 g/mol. The number of pyridine rings is 1. The standard InChI is InChI=1S/C27H26N8O3/c1-17-31-16-35(32-17)26-23-22(21(38-2)15-30-26)20(14-29-23)24(36)27(37)33-11-8-18(9-12-33)25-28-10-13-34(25)19-6-4-3-5-7-19/h3-7,10,13-16,18,29H,8-9,11-12H2,1-2H3. The number of benzene rings is 1. The van der Waals surface area contributed by atoms with Crippen molar-refractivity contribution in [3.8, 4) is 17.3 Å². The summed E-state index contributed by atoms with van der Waals surface area (Å²) in [4.78, 5) is 44.7. The Morgan fingerprint density at radius 2 is 1.87 bits per heavy atom. The smallest absolute Gasteiger partial charge is 0.295 e. The van der Waals surface area contributed by atoms with Crippen molar-refractivity contribution in [1.82, 2.24) is 39.2 Å². The Kier molecular flexibility index (Phi) is 5.95. The van der Waals surface area contributed by atoms with Crippen LogP contribution >= 0.6 is 0 Å². The molecule has 11 heteroatoms. The lowest BCUT2D eigenvalue weighted by atomic mass is 9.95. The molecule has 1 aliphatic heterocycles. The third-order valence-corrected chi connectivity index (χ3v) is 6.99. The Morgan fingerprint density at radius 1 is 1.08 bits per heavy atom. The van der Waals surface area contributed by atoms with Crippen LogP contribution in [0.5, 0.6) is 5.75 Å². The van der Waals surface area contributed by atoms with Crippen LogP contribution in [0, 0.1) is 6.92 Å². The molecule has 192 valence electrons. The number of piperidine rings is 1. The molecular formula is C27H26N8O3. The third-order valence-electron chi connectivity index (χ3n) is 6.99. The number of methoxy groups -OCH3 is 1. The first-order valence-electron chi connectivity index (χ1n) is 12.4. The maximum absolute atomic E-state index is 13.4. The lowest BCUT2D eigenvalue weighted by Gasteiger charge is -2.31. The normalized spacial score (nSPS) is 14.2. The molecule has 0 aliphatic carbocycles. The molecule has 5 aromatic rings. The quantitative estimate of drug-likeness (QED) is 0.275. The van der Waals surface area contributed by atoms with Crippen molar-refractivity contribution in [2.24, 2.45) is 0 Å². The van der Waals surface area contributed by atoms with Crippen molar-refractivity contribution in [2.75, 3.05) is 20.2 Å². The number of hydrogen-bond acceptors (Lipinski definition) is 7. The molecule has 6 rings (SSSR count). The molecule has 4 aromatic heterocycles. The van der Waals surface area contributed by atoms with Crippen LogP contribution in [-0.4, -0.2) is 71.1 Å². The highest BCUT2D eigenvalue weighted by atomic mass is 16.5. The molecule has 1 saturated heterocycles. The van der Waals surface area contributed by atoms with Gasteiger partial charge in [-0.2, -0.15) is 5.10 Å². The topological polar surface area (TPSA) is 124 Å². The van der Waals surface area contributed by atoms with Gasteiger partial charge in [0.2, 0.25) is 0 Å². The van der Waals surface area contributed by atoms with E-state index in [1.807, 2.05) is 36.5 Å². The van der Waals surface area contributed by atoms with Crippen molar-refractivity contribution in [3.63, 3.8) is 0 Å². The van der Waals surface area contributed by atoms with Crippen LogP contribution in [0.2, 0.25) is 0 Å². The molecule has 1 N–H and O–H groups in total. The molecule has 0 radical (unpaired) electrons. The van der Waals surface area contributed by atoms with Crippen LogP contribution in [-0.2, 0) is 4.79 Å². The summed E-state index contributed by atoms with van der Waals surface area (Å²) in [5, 5.41) is 4.81. The lowest BCUT2D eigenvalue weighted by Crippen LogP contribution is -2.42. The fourth-order valence-electron chi connectivity index (χ4n) is 5.08. The summed E-state index contributed by atoms with van der Waals surface area (Å²) in [7, 11) is 1.50. The predicted octanol–water partition coefficient (Wildman–Crippen LogP) is 3.24. The zero-order valence-corrected chi connectivity index (χ0v) is 21.0. The monoisotopic (exact) mass is 510 g/mol. The van der Waals surface area contributed by atoms with Crippen LogP contribution in [0.25, 0.3) is 22.4 Å². The van der Waals surface area contributed by atoms with E-state index in [1.54, 1.807) is 24.3 Å². The van der Waals surface area contributed by atoms with Gasteiger partial charge in [0.25, 0.3) is 11.7 Å². The minimum absolute atomic E-state index is 0.192. The maximum atomic E-state index is 13.4. The van der Waals surface area contributed by atoms with Gasteiger partial charge in [0.1, 0.15) is 23.7 Å². The van der Waals surface area contributed by atoms with E-state index in [0.717, 1.165) is 24.4 Å². The van der Waals surface area contributed by atoms with Gasteiger partial charge in [-0.15, -0.1) is 0 Å². The number of aromatic nitrogens is 7. The molecule has 0 saturated carbocycles. The molecule has 0 spiro atoms. The first kappa shape index (κ1) is 23.6. The average Bonchev–Trinajstić information content (AvgIpc) is 3.72. The van der Waals surface area contributed by atoms with E-state index in [2.05, 4.69) is 29.6 Å². The number of Topliss-reactive ketones (excluding diaryl/α,β-unsaturated/α-hetero) is 1. The van der Waals surface area contributed by atoms with Gasteiger partial charge in [-0.25, -0.2) is 19.6 Å². The van der Waals surface area contributed by atoms with E-state index in [1.165, 1.54) is 24.2 Å². The number of fused-ring (bicyclic) bond motifs is 1. The number of amides is 1. The summed E-state index contributed by atoms with van der Waals surface area (Å²) in [6.45, 7) is 2.72. The number of carbonyl (C=O) groups excluding carboxylic acids is 2. The lowest BCUT2D eigenvalue weighted by molar-refractivity contribution is -0.127. The van der Waals surface area contributed by atoms with Gasteiger partial charge >= 0.3 is 0 Å². The van der Waals surface area contributed by atoms with Gasteiger partial charge in [-0.3, -0.25) is 9.59 Å². The zero-order chi connectivity index (χ0) is 26.2. The Hall–Kier alpha value is -4.80. The second kappa shape index (κ2) is 9.58. The Balaban J connectivity index is 1.22. The van der Waals surface area contributed by atoms with Gasteiger partial charge in [0.15, 0.2) is 5.82 Å². The van der Waals surface area contributed by atoms with Gasteiger partial charge in [-0.1, -0.05) is 18.2 Å². The summed E-state index contributed by atoms with van der Waals surface area (Å²) in [5.74, 6) is 1.48. The number of ether oxygens (including phenoxy) is 1. The van der Waals surface area contributed by atoms with Crippen molar-refractivity contribution in [1.29, 1.82) is 0 Å². The van der Waals surface area contributed by atoms with Crippen molar-refractivity contribution in [3.05, 3.63) is 78.7 Å². The van der Waals surface area contributed by atoms with E-state index in [0.29, 0.717) is 41.4 Å². The van der Waals surface area contributed by atoms with Crippen molar-refractivity contribution in [2.45, 2.75) is 25.7 Å². The second-order valence-electron chi connectivity index (χ2n) is 9.23. The zero-order valence-electron chi connectivity index (χ0n) is 21.0. The molecular weight excluding hydrogens is 484 g/mol. The molecule has 0 unspecified atom stereocenters. The van der Waals surface area contributed by atoms with E-state index < -0.39 is 11.7 Å². The van der Waals surface area contributed by atoms with E-state index in [9.17, 15) is 9.59 Å². The second-order valence-corrected chi connectivity index (χ2v) is 9.23. The molecule has 1 amide bonds. The van der Waals surface area contributed by atoms with Crippen LogP contribution in [0.1, 0.15) is 40.8 Å². The van der Waals surface area contributed by atoms with Gasteiger partial charge < -0.3 is 19.2 Å². The first-order chi connectivity index (χ1) is 18.5. The molecule has 1 aromatic carbocycles. The number of ketones is 1. The minimum atomic E-state index is -0.592. The fourth-order valence-corrected chi connectivity index (χ4v) is 5.08. The summed E-state index contributed by atoms with van der Waals surface area (Å²) in [6.07, 6.45) is 9.80. The number of imidazole rings is 1. The highest BCUT2D eigenvalue weighted by Crippen LogP contribution is 2.33. The van der Waals surface area contributed by atoms with E-state index >= 15 is 0 Å². The highest BCUT2D eigenvalue weighted by Gasteiger charge is 2.32. The van der Waals surface area contributed by atoms with Crippen LogP contribution in [0.15, 0.2) is 61.4 Å². The van der Waals surface area contributed by atoms with Crippen molar-refractivity contribution >= 4 is 22.6 Å². The predicted molar refractivity (Wildman–Crippen MR) is 139 cm³/mol. The fraction of sp³-hybridized carbons (Fsp3) is 0.259. The van der Waals surface area contributed by atoms with Crippen LogP contribution in [0.3, 0.4) is 0 Å². The largest absolute Gasteiger partial charge is 0.494 e. The van der Waals surface area contributed by atoms with Crippen LogP contribution < -0.4 is 4.74 Å². The van der Waals surface area contributed by atoms with Gasteiger partial charge in [0, 0.05) is 43.3 Å². The minimum Gasteiger partial charge on any atom is -0.494 e. The summed E-state index contributed by atoms with van der Waals surface area (Å²) < 4.78 is 9.10. The number of para-hydroxylation sites is 1. The SMILES string of the molecule is COc1cnc(-n2cnc(C)n2)c2[nH]cc(C(=O)C(=O)N3CCC(c4nccn4-c4ccccc4)CC3)c12. The van der Waals surface area contributed by atoms with E-state index in [4.69, 9.17) is 4.74 Å². The van der Waals surface area contributed by atoms with Crippen molar-refractivity contribution < 1.29 is 14.3 Å². The molecule has 1 fully saturated rings. The highest BCUT2D eigenvalue weighted by molar-refractivity contribution is 6.45. The summed E-state index contributed by atoms with van der Waals surface area (Å²) in [6, 6.07) is 10.1. The maximum Gasteiger partial charge on any atom is 0.295 e. The van der Waals surface area contributed by atoms with Gasteiger partial charge in [0.05, 0.1) is 29.8 Å². The Labute approximate surface area is 218 Å². The molecule has 38 heavy (non-hydrogen) atoms. The number of carbonyl (C=O) groups is 2. The van der Waals surface area contributed by atoms with E-state index in [-0.39, 0.29) is 11.5 Å². The Bertz CT molecular complexity index is 1630. The number of aryl methyl sites for hydroxylation is 1. The number of rotatable bonds is 6. The van der Waals surface area contributed by atoms with Gasteiger partial charge in [-0.05, 0) is 31.9 Å².